The third-order valence-electron chi connectivity index (χ3n) is 3.22. The van der Waals surface area contributed by atoms with Crippen LogP contribution in [0, 0.1) is 5.92 Å². The number of carbonyl (C=O) groups is 2. The van der Waals surface area contributed by atoms with Crippen LogP contribution in [0.25, 0.3) is 5.76 Å². The summed E-state index contributed by atoms with van der Waals surface area (Å²) in [6, 6.07) is 5.47. The predicted octanol–water partition coefficient (Wildman–Crippen LogP) is 1.70. The van der Waals surface area contributed by atoms with Gasteiger partial charge < -0.3 is 14.7 Å². The number of rotatable bonds is 5. The van der Waals surface area contributed by atoms with Gasteiger partial charge in [-0.05, 0) is 29.7 Å². The van der Waals surface area contributed by atoms with Crippen LogP contribution in [0.15, 0.2) is 30.3 Å². The van der Waals surface area contributed by atoms with Gasteiger partial charge in [-0.25, -0.2) is 4.79 Å². The normalized spacial score (nSPS) is 12.9. The summed E-state index contributed by atoms with van der Waals surface area (Å²) >= 11 is 5.75. The van der Waals surface area contributed by atoms with Gasteiger partial charge in [0.1, 0.15) is 6.04 Å². The summed E-state index contributed by atoms with van der Waals surface area (Å²) in [4.78, 5) is 25.2. The van der Waals surface area contributed by atoms with Crippen LogP contribution in [0.4, 0.5) is 0 Å². The maximum Gasteiger partial charge on any atom is 0.328 e. The van der Waals surface area contributed by atoms with E-state index in [1.165, 1.54) is 31.2 Å². The van der Waals surface area contributed by atoms with Gasteiger partial charge in [0.15, 0.2) is 0 Å². The van der Waals surface area contributed by atoms with E-state index >= 15 is 0 Å². The number of methoxy groups -OCH3 is 1. The van der Waals surface area contributed by atoms with Crippen LogP contribution in [0.2, 0.25) is 5.02 Å². The lowest BCUT2D eigenvalue weighted by Crippen LogP contribution is -2.45. The van der Waals surface area contributed by atoms with E-state index in [9.17, 15) is 14.7 Å². The molecular formula is C16H19ClNO4-. The van der Waals surface area contributed by atoms with Crippen LogP contribution in [-0.2, 0) is 14.3 Å². The Labute approximate surface area is 135 Å². The summed E-state index contributed by atoms with van der Waals surface area (Å²) in [6.45, 7) is 3.60. The van der Waals surface area contributed by atoms with Crippen LogP contribution in [-0.4, -0.2) is 37.0 Å². The predicted molar refractivity (Wildman–Crippen MR) is 82.8 cm³/mol. The maximum absolute atomic E-state index is 12.2. The van der Waals surface area contributed by atoms with Gasteiger partial charge >= 0.3 is 5.97 Å². The van der Waals surface area contributed by atoms with Gasteiger partial charge in [-0.3, -0.25) is 4.79 Å². The molecule has 0 aliphatic heterocycles. The summed E-state index contributed by atoms with van der Waals surface area (Å²) < 4.78 is 4.70. The molecule has 5 nitrogen and oxygen atoms in total. The smallest absolute Gasteiger partial charge is 0.328 e. The molecule has 0 saturated heterocycles. The van der Waals surface area contributed by atoms with E-state index in [1.54, 1.807) is 26.0 Å². The molecule has 0 N–H and O–H groups in total. The second kappa shape index (κ2) is 7.84. The zero-order valence-corrected chi connectivity index (χ0v) is 13.8. The first-order chi connectivity index (χ1) is 10.3. The zero-order valence-electron chi connectivity index (χ0n) is 13.0. The number of amides is 1. The molecule has 0 radical (unpaired) electrons. The molecule has 0 bridgehead atoms. The van der Waals surface area contributed by atoms with E-state index in [1.807, 2.05) is 0 Å². The highest BCUT2D eigenvalue weighted by Crippen LogP contribution is 2.16. The number of benzene rings is 1. The highest BCUT2D eigenvalue weighted by atomic mass is 35.5. The van der Waals surface area contributed by atoms with Crippen molar-refractivity contribution < 1.29 is 19.4 Å². The minimum absolute atomic E-state index is 0.138. The molecule has 0 saturated carbocycles. The fourth-order valence-corrected chi connectivity index (χ4v) is 2.17. The summed E-state index contributed by atoms with van der Waals surface area (Å²) in [6.07, 6.45) is 0.960. The Kier molecular flexibility index (Phi) is 6.43. The van der Waals surface area contributed by atoms with Crippen molar-refractivity contribution >= 4 is 29.2 Å². The molecule has 1 rings (SSSR count). The van der Waals surface area contributed by atoms with Crippen molar-refractivity contribution in [2.24, 2.45) is 5.92 Å². The first-order valence-corrected chi connectivity index (χ1v) is 7.15. The zero-order chi connectivity index (χ0) is 16.9. The number of carbonyl (C=O) groups excluding carboxylic acids is 2. The Morgan fingerprint density at radius 2 is 1.82 bits per heavy atom. The van der Waals surface area contributed by atoms with Gasteiger partial charge in [0.25, 0.3) is 0 Å². The molecule has 1 aromatic rings. The Balaban J connectivity index is 2.96. The van der Waals surface area contributed by atoms with Crippen molar-refractivity contribution in [1.29, 1.82) is 0 Å². The quantitative estimate of drug-likeness (QED) is 0.469. The molecule has 1 unspecified atom stereocenters. The second-order valence-electron chi connectivity index (χ2n) is 5.18. The van der Waals surface area contributed by atoms with E-state index < -0.39 is 23.7 Å². The summed E-state index contributed by atoms with van der Waals surface area (Å²) in [5.74, 6) is -1.65. The van der Waals surface area contributed by atoms with Crippen molar-refractivity contribution in [3.05, 3.63) is 40.9 Å². The highest BCUT2D eigenvalue weighted by Gasteiger charge is 2.29. The van der Waals surface area contributed by atoms with Gasteiger partial charge in [0.2, 0.25) is 5.91 Å². The number of hydrogen-bond donors (Lipinski definition) is 0. The van der Waals surface area contributed by atoms with Crippen LogP contribution in [0.3, 0.4) is 0 Å². The van der Waals surface area contributed by atoms with Crippen molar-refractivity contribution in [1.82, 2.24) is 4.90 Å². The fourth-order valence-electron chi connectivity index (χ4n) is 2.05. The average Bonchev–Trinajstić information content (AvgIpc) is 2.47. The van der Waals surface area contributed by atoms with Gasteiger partial charge in [-0.15, -0.1) is 0 Å². The number of esters is 1. The van der Waals surface area contributed by atoms with Crippen LogP contribution < -0.4 is 5.11 Å². The molecule has 6 heteroatoms. The van der Waals surface area contributed by atoms with E-state index in [-0.39, 0.29) is 5.92 Å². The minimum atomic E-state index is -0.744. The Hall–Kier alpha value is -2.01. The van der Waals surface area contributed by atoms with E-state index in [4.69, 9.17) is 16.3 Å². The molecule has 1 aromatic carbocycles. The van der Waals surface area contributed by atoms with E-state index in [2.05, 4.69) is 0 Å². The molecule has 0 heterocycles. The fraction of sp³-hybridized carbons (Fsp3) is 0.375. The number of likely N-dealkylation sites (N-methyl/N-ethyl adjacent to an activating group) is 1. The maximum atomic E-state index is 12.2. The topological polar surface area (TPSA) is 69.7 Å². The summed E-state index contributed by atoms with van der Waals surface area (Å²) in [5.41, 5.74) is 0.352. The minimum Gasteiger partial charge on any atom is -0.872 e. The Morgan fingerprint density at radius 3 is 2.27 bits per heavy atom. The highest BCUT2D eigenvalue weighted by molar-refractivity contribution is 6.30. The molecule has 0 aliphatic carbocycles. The van der Waals surface area contributed by atoms with Crippen molar-refractivity contribution in [3.63, 3.8) is 0 Å². The van der Waals surface area contributed by atoms with Crippen LogP contribution in [0.5, 0.6) is 0 Å². The van der Waals surface area contributed by atoms with Crippen molar-refractivity contribution in [2.75, 3.05) is 14.2 Å². The van der Waals surface area contributed by atoms with Gasteiger partial charge in [0, 0.05) is 12.1 Å². The third-order valence-corrected chi connectivity index (χ3v) is 3.47. The van der Waals surface area contributed by atoms with Crippen molar-refractivity contribution in [2.45, 2.75) is 19.9 Å². The average molecular weight is 325 g/mol. The molecule has 120 valence electrons. The van der Waals surface area contributed by atoms with Gasteiger partial charge in [-0.1, -0.05) is 43.3 Å². The summed E-state index contributed by atoms with van der Waals surface area (Å²) in [5, 5.41) is 12.5. The lowest BCUT2D eigenvalue weighted by Gasteiger charge is -2.28. The van der Waals surface area contributed by atoms with Crippen LogP contribution >= 0.6 is 11.6 Å². The van der Waals surface area contributed by atoms with Gasteiger partial charge in [-0.2, -0.15) is 0 Å². The molecule has 1 atom stereocenters. The number of hydrogen-bond acceptors (Lipinski definition) is 4. The van der Waals surface area contributed by atoms with Gasteiger partial charge in [0.05, 0.1) is 7.11 Å². The number of halogens is 1. The first-order valence-electron chi connectivity index (χ1n) is 6.77. The van der Waals surface area contributed by atoms with E-state index in [0.717, 1.165) is 6.08 Å². The monoisotopic (exact) mass is 324 g/mol. The lowest BCUT2D eigenvalue weighted by atomic mass is 10.0. The van der Waals surface area contributed by atoms with Crippen LogP contribution in [0.1, 0.15) is 19.4 Å². The molecular weight excluding hydrogens is 306 g/mol. The lowest BCUT2D eigenvalue weighted by molar-refractivity contribution is -0.244. The Bertz CT molecular complexity index is 566. The first kappa shape index (κ1) is 18.0. The molecule has 0 spiro atoms. The standard InChI is InChI=1S/C16H20ClNO4/c1-10(2)15(16(21)22-4)18(3)14(20)9-13(19)11-5-7-12(17)8-6-11/h5-10,15,19H,1-4H3/p-1/b13-9-. The van der Waals surface area contributed by atoms with E-state index in [0.29, 0.717) is 10.6 Å². The molecule has 1 amide bonds. The molecule has 0 aliphatic rings. The number of ether oxygens (including phenoxy) is 1. The van der Waals surface area contributed by atoms with Crippen molar-refractivity contribution in [3.8, 4) is 0 Å². The number of nitrogens with zero attached hydrogens (tertiary/aromatic N) is 1. The Morgan fingerprint density at radius 1 is 1.27 bits per heavy atom. The summed E-state index contributed by atoms with van der Waals surface area (Å²) in [7, 11) is 2.73. The SMILES string of the molecule is COC(=O)C(C(C)C)N(C)C(=O)/C=C(\[O-])c1ccc(Cl)cc1. The largest absolute Gasteiger partial charge is 0.872 e. The molecule has 22 heavy (non-hydrogen) atoms. The molecule has 0 fully saturated rings. The second-order valence-corrected chi connectivity index (χ2v) is 5.61. The third kappa shape index (κ3) is 4.49. The molecule has 0 aromatic heterocycles.